The molecular weight excluding hydrogens is 180 g/mol. The van der Waals surface area contributed by atoms with Crippen molar-refractivity contribution in [1.82, 2.24) is 5.32 Å². The van der Waals surface area contributed by atoms with Crippen molar-refractivity contribution in [3.63, 3.8) is 0 Å². The molecule has 0 bridgehead atoms. The summed E-state index contributed by atoms with van der Waals surface area (Å²) < 4.78 is 0. The average Bonchev–Trinajstić information content (AvgIpc) is 2.52. The summed E-state index contributed by atoms with van der Waals surface area (Å²) in [5.74, 6) is 1.03. The van der Waals surface area contributed by atoms with Crippen molar-refractivity contribution >= 4 is 17.5 Å². The molecule has 0 aromatic carbocycles. The van der Waals surface area contributed by atoms with Crippen LogP contribution in [0.4, 0.5) is 0 Å². The first-order chi connectivity index (χ1) is 6.14. The minimum absolute atomic E-state index is 0.214. The Hall–Kier alpha value is -0.0200. The topological polar surface area (TPSA) is 24.4 Å². The Bertz CT molecular complexity index is 187. The monoisotopic (exact) mass is 200 g/mol. The van der Waals surface area contributed by atoms with Crippen LogP contribution in [-0.2, 0) is 0 Å². The van der Waals surface area contributed by atoms with Gasteiger partial charge in [-0.05, 0) is 32.9 Å². The second kappa shape index (κ2) is 5.01. The molecule has 2 nitrogen and oxygen atoms in total. The Morgan fingerprint density at radius 1 is 1.54 bits per heavy atom. The van der Waals surface area contributed by atoms with Crippen LogP contribution in [0.25, 0.3) is 0 Å². The average molecular weight is 200 g/mol. The zero-order valence-corrected chi connectivity index (χ0v) is 9.71. The van der Waals surface area contributed by atoms with Crippen molar-refractivity contribution in [2.24, 2.45) is 4.99 Å². The van der Waals surface area contributed by atoms with Gasteiger partial charge in [0.2, 0.25) is 0 Å². The van der Waals surface area contributed by atoms with Gasteiger partial charge in [-0.25, -0.2) is 0 Å². The van der Waals surface area contributed by atoms with Gasteiger partial charge in [-0.15, -0.1) is 11.8 Å². The number of nitrogens with zero attached hydrogens (tertiary/aromatic N) is 1. The molecule has 0 amide bonds. The zero-order chi connectivity index (χ0) is 9.73. The van der Waals surface area contributed by atoms with Gasteiger partial charge in [-0.3, -0.25) is 4.99 Å². The predicted octanol–water partition coefficient (Wildman–Crippen LogP) is 2.30. The second-order valence-corrected chi connectivity index (χ2v) is 5.09. The van der Waals surface area contributed by atoms with E-state index in [1.54, 1.807) is 0 Å². The van der Waals surface area contributed by atoms with Gasteiger partial charge in [0, 0.05) is 30.1 Å². The van der Waals surface area contributed by atoms with Gasteiger partial charge < -0.3 is 5.32 Å². The Morgan fingerprint density at radius 2 is 2.31 bits per heavy atom. The number of hydrogen-bond acceptors (Lipinski definition) is 3. The third kappa shape index (κ3) is 4.14. The fraction of sp³-hybridized carbons (Fsp3) is 0.900. The van der Waals surface area contributed by atoms with E-state index in [9.17, 15) is 0 Å². The Kier molecular flexibility index (Phi) is 4.26. The molecule has 3 heteroatoms. The molecule has 0 aliphatic carbocycles. The normalized spacial score (nSPS) is 17.6. The summed E-state index contributed by atoms with van der Waals surface area (Å²) in [6, 6.07) is 0. The van der Waals surface area contributed by atoms with Crippen LogP contribution in [0.2, 0.25) is 0 Å². The standard InChI is InChI=1S/C10H20N2S/c1-10(2,12-8-13-3)7-9-5-4-6-11-9/h12H,4-8H2,1-3H3. The molecule has 0 saturated carbocycles. The third-order valence-electron chi connectivity index (χ3n) is 2.30. The van der Waals surface area contributed by atoms with Crippen LogP contribution in [0.5, 0.6) is 0 Å². The lowest BCUT2D eigenvalue weighted by atomic mass is 9.96. The molecule has 0 radical (unpaired) electrons. The zero-order valence-electron chi connectivity index (χ0n) is 8.89. The molecule has 1 heterocycles. The highest BCUT2D eigenvalue weighted by atomic mass is 32.2. The number of nitrogens with one attached hydrogen (secondary N) is 1. The largest absolute Gasteiger partial charge is 0.302 e. The van der Waals surface area contributed by atoms with Gasteiger partial charge >= 0.3 is 0 Å². The molecule has 0 aromatic rings. The molecule has 0 spiro atoms. The van der Waals surface area contributed by atoms with Crippen molar-refractivity contribution in [1.29, 1.82) is 0 Å². The summed E-state index contributed by atoms with van der Waals surface area (Å²) in [6.45, 7) is 5.56. The van der Waals surface area contributed by atoms with E-state index >= 15 is 0 Å². The van der Waals surface area contributed by atoms with Crippen molar-refractivity contribution < 1.29 is 0 Å². The van der Waals surface area contributed by atoms with Gasteiger partial charge in [0.25, 0.3) is 0 Å². The van der Waals surface area contributed by atoms with E-state index in [1.165, 1.54) is 18.6 Å². The van der Waals surface area contributed by atoms with Crippen LogP contribution in [0.15, 0.2) is 4.99 Å². The van der Waals surface area contributed by atoms with Crippen LogP contribution in [-0.4, -0.2) is 29.9 Å². The maximum absolute atomic E-state index is 4.50. The lowest BCUT2D eigenvalue weighted by Gasteiger charge is -2.26. The van der Waals surface area contributed by atoms with Gasteiger partial charge in [-0.2, -0.15) is 0 Å². The minimum Gasteiger partial charge on any atom is -0.302 e. The van der Waals surface area contributed by atoms with Crippen molar-refractivity contribution in [3.05, 3.63) is 0 Å². The fourth-order valence-corrected chi connectivity index (χ4v) is 2.12. The number of aliphatic imine (C=N–C) groups is 1. The van der Waals surface area contributed by atoms with Crippen LogP contribution in [0.1, 0.15) is 33.1 Å². The molecule has 1 aliphatic heterocycles. The lowest BCUT2D eigenvalue weighted by molar-refractivity contribution is 0.432. The Balaban J connectivity index is 2.31. The summed E-state index contributed by atoms with van der Waals surface area (Å²) in [5, 5.41) is 3.52. The molecule has 0 aromatic heterocycles. The predicted molar refractivity (Wildman–Crippen MR) is 61.7 cm³/mol. The van der Waals surface area contributed by atoms with Gasteiger partial charge in [0.1, 0.15) is 0 Å². The molecule has 0 saturated heterocycles. The highest BCUT2D eigenvalue weighted by Crippen LogP contribution is 2.16. The van der Waals surface area contributed by atoms with E-state index in [1.807, 2.05) is 11.8 Å². The van der Waals surface area contributed by atoms with E-state index < -0.39 is 0 Å². The molecule has 1 N–H and O–H groups in total. The van der Waals surface area contributed by atoms with Crippen molar-refractivity contribution in [3.8, 4) is 0 Å². The third-order valence-corrected chi connectivity index (χ3v) is 2.73. The number of hydrogen-bond donors (Lipinski definition) is 1. The Morgan fingerprint density at radius 3 is 2.85 bits per heavy atom. The van der Waals surface area contributed by atoms with Gasteiger partial charge in [-0.1, -0.05) is 0 Å². The SMILES string of the molecule is CSCNC(C)(C)CC1=NCCC1. The molecule has 76 valence electrons. The van der Waals surface area contributed by atoms with Gasteiger partial charge in [0.15, 0.2) is 0 Å². The fourth-order valence-electron chi connectivity index (χ4n) is 1.58. The molecule has 0 atom stereocenters. The van der Waals surface area contributed by atoms with Crippen LogP contribution in [0.3, 0.4) is 0 Å². The van der Waals surface area contributed by atoms with Crippen LogP contribution < -0.4 is 5.32 Å². The van der Waals surface area contributed by atoms with Crippen molar-refractivity contribution in [2.45, 2.75) is 38.6 Å². The summed E-state index contributed by atoms with van der Waals surface area (Å²) >= 11 is 1.84. The summed E-state index contributed by atoms with van der Waals surface area (Å²) in [5.41, 5.74) is 1.62. The highest BCUT2D eigenvalue weighted by Gasteiger charge is 2.20. The van der Waals surface area contributed by atoms with Crippen LogP contribution >= 0.6 is 11.8 Å². The summed E-state index contributed by atoms with van der Waals surface area (Å²) in [4.78, 5) is 4.50. The Labute approximate surface area is 85.6 Å². The quantitative estimate of drug-likeness (QED) is 0.689. The van der Waals surface area contributed by atoms with E-state index in [0.717, 1.165) is 18.8 Å². The van der Waals surface area contributed by atoms with Crippen molar-refractivity contribution in [2.75, 3.05) is 18.7 Å². The molecule has 13 heavy (non-hydrogen) atoms. The second-order valence-electron chi connectivity index (χ2n) is 4.22. The molecular formula is C10H20N2S. The number of thioether (sulfide) groups is 1. The summed E-state index contributed by atoms with van der Waals surface area (Å²) in [7, 11) is 0. The maximum Gasteiger partial charge on any atom is 0.0419 e. The highest BCUT2D eigenvalue weighted by molar-refractivity contribution is 7.98. The van der Waals surface area contributed by atoms with E-state index in [4.69, 9.17) is 0 Å². The van der Waals surface area contributed by atoms with E-state index in [0.29, 0.717) is 0 Å². The maximum atomic E-state index is 4.50. The molecule has 0 fully saturated rings. The lowest BCUT2D eigenvalue weighted by Crippen LogP contribution is -2.40. The minimum atomic E-state index is 0.214. The first-order valence-corrected chi connectivity index (χ1v) is 6.29. The first-order valence-electron chi connectivity index (χ1n) is 4.90. The van der Waals surface area contributed by atoms with Gasteiger partial charge in [0.05, 0.1) is 0 Å². The van der Waals surface area contributed by atoms with Crippen LogP contribution in [0, 0.1) is 0 Å². The van der Waals surface area contributed by atoms with E-state index in [-0.39, 0.29) is 5.54 Å². The number of rotatable bonds is 5. The molecule has 0 unspecified atom stereocenters. The summed E-state index contributed by atoms with van der Waals surface area (Å²) in [6.07, 6.45) is 5.70. The smallest absolute Gasteiger partial charge is 0.0419 e. The van der Waals surface area contributed by atoms with E-state index in [2.05, 4.69) is 30.4 Å². The molecule has 1 rings (SSSR count). The molecule has 1 aliphatic rings. The first kappa shape index (κ1) is 11.1.